The van der Waals surface area contributed by atoms with Gasteiger partial charge in [0.2, 0.25) is 0 Å². The van der Waals surface area contributed by atoms with E-state index in [4.69, 9.17) is 0 Å². The highest BCUT2D eigenvalue weighted by molar-refractivity contribution is 9.10. The molecule has 17 heavy (non-hydrogen) atoms. The van der Waals surface area contributed by atoms with Crippen LogP contribution in [0.1, 0.15) is 11.5 Å². The van der Waals surface area contributed by atoms with Gasteiger partial charge in [-0.25, -0.2) is 14.4 Å². The highest BCUT2D eigenvalue weighted by Crippen LogP contribution is 2.19. The van der Waals surface area contributed by atoms with Crippen molar-refractivity contribution in [2.24, 2.45) is 0 Å². The van der Waals surface area contributed by atoms with Crippen molar-refractivity contribution in [1.29, 1.82) is 0 Å². The summed E-state index contributed by atoms with van der Waals surface area (Å²) in [5.41, 5.74) is 1.30. The molecule has 0 aliphatic carbocycles. The van der Waals surface area contributed by atoms with Crippen LogP contribution < -0.4 is 5.32 Å². The lowest BCUT2D eigenvalue weighted by atomic mass is 10.3. The molecule has 1 aromatic carbocycles. The first-order chi connectivity index (χ1) is 8.15. The molecule has 0 radical (unpaired) electrons. The number of hydrogen-bond acceptors (Lipinski definition) is 3. The Hall–Kier alpha value is -1.49. The standard InChI is InChI=1S/C12H11BrFN3/c1-8-15-5-4-10(17-8)7-16-12-3-2-9(13)6-11(12)14/h2-6,16H,7H2,1H3. The summed E-state index contributed by atoms with van der Waals surface area (Å²) >= 11 is 3.21. The van der Waals surface area contributed by atoms with Crippen molar-refractivity contribution in [1.82, 2.24) is 9.97 Å². The van der Waals surface area contributed by atoms with Gasteiger partial charge in [-0.05, 0) is 31.2 Å². The van der Waals surface area contributed by atoms with Gasteiger partial charge in [-0.15, -0.1) is 0 Å². The number of rotatable bonds is 3. The van der Waals surface area contributed by atoms with Crippen LogP contribution in [0.15, 0.2) is 34.9 Å². The van der Waals surface area contributed by atoms with Crippen molar-refractivity contribution in [2.75, 3.05) is 5.32 Å². The SMILES string of the molecule is Cc1nccc(CNc2ccc(Br)cc2F)n1. The van der Waals surface area contributed by atoms with Crippen LogP contribution in [-0.4, -0.2) is 9.97 Å². The molecule has 2 rings (SSSR count). The monoisotopic (exact) mass is 295 g/mol. The van der Waals surface area contributed by atoms with Crippen molar-refractivity contribution in [3.05, 3.63) is 52.3 Å². The molecule has 1 N–H and O–H groups in total. The Balaban J connectivity index is 2.07. The Morgan fingerprint density at radius 3 is 2.88 bits per heavy atom. The highest BCUT2D eigenvalue weighted by atomic mass is 79.9. The summed E-state index contributed by atoms with van der Waals surface area (Å²) in [5, 5.41) is 3.00. The molecule has 0 spiro atoms. The van der Waals surface area contributed by atoms with Crippen molar-refractivity contribution >= 4 is 21.6 Å². The van der Waals surface area contributed by atoms with E-state index in [0.29, 0.717) is 18.1 Å². The maximum atomic E-state index is 13.5. The minimum atomic E-state index is -0.287. The summed E-state index contributed by atoms with van der Waals surface area (Å²) < 4.78 is 14.2. The van der Waals surface area contributed by atoms with Gasteiger partial charge >= 0.3 is 0 Å². The molecule has 0 atom stereocenters. The number of halogens is 2. The molecule has 0 amide bonds. The Morgan fingerprint density at radius 2 is 2.18 bits per heavy atom. The molecular formula is C12H11BrFN3. The first-order valence-electron chi connectivity index (χ1n) is 5.12. The van der Waals surface area contributed by atoms with Crippen molar-refractivity contribution in [3.8, 4) is 0 Å². The molecule has 0 unspecified atom stereocenters. The van der Waals surface area contributed by atoms with Gasteiger partial charge in [-0.3, -0.25) is 0 Å². The number of aryl methyl sites for hydroxylation is 1. The van der Waals surface area contributed by atoms with E-state index in [2.05, 4.69) is 31.2 Å². The molecule has 0 saturated heterocycles. The molecule has 3 nitrogen and oxygen atoms in total. The number of hydrogen-bond donors (Lipinski definition) is 1. The third kappa shape index (κ3) is 3.23. The number of nitrogens with one attached hydrogen (secondary N) is 1. The second-order valence-corrected chi connectivity index (χ2v) is 4.49. The molecule has 1 heterocycles. The summed E-state index contributed by atoms with van der Waals surface area (Å²) in [6.07, 6.45) is 1.69. The van der Waals surface area contributed by atoms with Gasteiger partial charge in [0.25, 0.3) is 0 Å². The molecule has 0 bridgehead atoms. The second-order valence-electron chi connectivity index (χ2n) is 3.57. The lowest BCUT2D eigenvalue weighted by molar-refractivity contribution is 0.629. The third-order valence-corrected chi connectivity index (χ3v) is 2.72. The van der Waals surface area contributed by atoms with Gasteiger partial charge in [-0.2, -0.15) is 0 Å². The summed E-state index contributed by atoms with van der Waals surface area (Å²) in [6, 6.07) is 6.70. The Labute approximate surface area is 107 Å². The maximum absolute atomic E-state index is 13.5. The molecule has 5 heteroatoms. The van der Waals surface area contributed by atoms with E-state index >= 15 is 0 Å². The minimum Gasteiger partial charge on any atom is -0.377 e. The average molecular weight is 296 g/mol. The lowest BCUT2D eigenvalue weighted by Gasteiger charge is -2.07. The first-order valence-corrected chi connectivity index (χ1v) is 5.92. The summed E-state index contributed by atoms with van der Waals surface area (Å²) in [5.74, 6) is 0.422. The van der Waals surface area contributed by atoms with Crippen molar-refractivity contribution in [3.63, 3.8) is 0 Å². The second kappa shape index (κ2) is 5.23. The molecular weight excluding hydrogens is 285 g/mol. The van der Waals surface area contributed by atoms with E-state index in [1.807, 2.05) is 6.92 Å². The van der Waals surface area contributed by atoms with Crippen LogP contribution in [0, 0.1) is 12.7 Å². The highest BCUT2D eigenvalue weighted by Gasteiger charge is 2.02. The van der Waals surface area contributed by atoms with Crippen LogP contribution in [0.2, 0.25) is 0 Å². The fourth-order valence-corrected chi connectivity index (χ4v) is 1.76. The summed E-state index contributed by atoms with van der Waals surface area (Å²) in [6.45, 7) is 2.30. The van der Waals surface area contributed by atoms with Crippen LogP contribution in [0.4, 0.5) is 10.1 Å². The Bertz CT molecular complexity index is 531. The fourth-order valence-electron chi connectivity index (χ4n) is 1.42. The van der Waals surface area contributed by atoms with Gasteiger partial charge in [0, 0.05) is 10.7 Å². The molecule has 88 valence electrons. The number of benzene rings is 1. The van der Waals surface area contributed by atoms with Crippen LogP contribution >= 0.6 is 15.9 Å². The minimum absolute atomic E-state index is 0.287. The van der Waals surface area contributed by atoms with Gasteiger partial charge in [0.1, 0.15) is 11.6 Å². The Morgan fingerprint density at radius 1 is 1.35 bits per heavy atom. The zero-order valence-corrected chi connectivity index (χ0v) is 10.8. The predicted octanol–water partition coefficient (Wildman–Crippen LogP) is 3.30. The molecule has 2 aromatic rings. The zero-order valence-electron chi connectivity index (χ0n) is 9.24. The largest absolute Gasteiger partial charge is 0.377 e. The van der Waals surface area contributed by atoms with Gasteiger partial charge in [0.15, 0.2) is 0 Å². The van der Waals surface area contributed by atoms with Crippen molar-refractivity contribution in [2.45, 2.75) is 13.5 Å². The number of anilines is 1. The van der Waals surface area contributed by atoms with Crippen LogP contribution in [0.5, 0.6) is 0 Å². The van der Waals surface area contributed by atoms with E-state index in [9.17, 15) is 4.39 Å². The normalized spacial score (nSPS) is 10.3. The first kappa shape index (κ1) is 12.0. The molecule has 0 saturated carbocycles. The predicted molar refractivity (Wildman–Crippen MR) is 68.2 cm³/mol. The molecule has 0 aliphatic heterocycles. The van der Waals surface area contributed by atoms with E-state index < -0.39 is 0 Å². The van der Waals surface area contributed by atoms with E-state index in [1.165, 1.54) is 6.07 Å². The van der Waals surface area contributed by atoms with E-state index in [-0.39, 0.29) is 5.82 Å². The van der Waals surface area contributed by atoms with Crippen molar-refractivity contribution < 1.29 is 4.39 Å². The van der Waals surface area contributed by atoms with E-state index in [0.717, 1.165) is 10.2 Å². The average Bonchev–Trinajstić information content (AvgIpc) is 2.28. The zero-order chi connectivity index (χ0) is 12.3. The molecule has 0 fully saturated rings. The summed E-state index contributed by atoms with van der Waals surface area (Å²) in [7, 11) is 0. The van der Waals surface area contributed by atoms with Gasteiger partial charge in [0.05, 0.1) is 17.9 Å². The molecule has 1 aromatic heterocycles. The van der Waals surface area contributed by atoms with Crippen LogP contribution in [-0.2, 0) is 6.54 Å². The smallest absolute Gasteiger partial charge is 0.147 e. The number of aromatic nitrogens is 2. The van der Waals surface area contributed by atoms with Gasteiger partial charge < -0.3 is 5.32 Å². The third-order valence-electron chi connectivity index (χ3n) is 2.22. The maximum Gasteiger partial charge on any atom is 0.147 e. The number of nitrogens with zero attached hydrogens (tertiary/aromatic N) is 2. The molecule has 0 aliphatic rings. The lowest BCUT2D eigenvalue weighted by Crippen LogP contribution is -2.04. The Kier molecular flexibility index (Phi) is 3.68. The van der Waals surface area contributed by atoms with Crippen LogP contribution in [0.25, 0.3) is 0 Å². The topological polar surface area (TPSA) is 37.8 Å². The van der Waals surface area contributed by atoms with Gasteiger partial charge in [-0.1, -0.05) is 15.9 Å². The van der Waals surface area contributed by atoms with E-state index in [1.54, 1.807) is 24.4 Å². The quantitative estimate of drug-likeness (QED) is 0.944. The van der Waals surface area contributed by atoms with Crippen LogP contribution in [0.3, 0.4) is 0 Å². The summed E-state index contributed by atoms with van der Waals surface area (Å²) in [4.78, 5) is 8.23. The fraction of sp³-hybridized carbons (Fsp3) is 0.167.